The molecule has 0 radical (unpaired) electrons. The molecule has 0 aliphatic carbocycles. The number of amides is 1. The average Bonchev–Trinajstić information content (AvgIpc) is 2.93. The highest BCUT2D eigenvalue weighted by molar-refractivity contribution is 5.97. The van der Waals surface area contributed by atoms with Crippen molar-refractivity contribution in [2.45, 2.75) is 6.42 Å². The summed E-state index contributed by atoms with van der Waals surface area (Å²) in [6.45, 7) is 0. The van der Waals surface area contributed by atoms with E-state index in [-0.39, 0.29) is 17.9 Å². The quantitative estimate of drug-likeness (QED) is 0.647. The molecule has 118 valence electrons. The summed E-state index contributed by atoms with van der Waals surface area (Å²) in [7, 11) is 1.57. The third-order valence-corrected chi connectivity index (χ3v) is 3.58. The molecule has 0 saturated heterocycles. The van der Waals surface area contributed by atoms with Gasteiger partial charge < -0.3 is 20.1 Å². The SMILES string of the molecule is COc1ccc2[nH]cc(CC(=O)Nc3c(O)cccc3F)c2c1. The number of benzene rings is 2. The van der Waals surface area contributed by atoms with Crippen molar-refractivity contribution in [1.29, 1.82) is 0 Å². The average molecular weight is 314 g/mol. The maximum Gasteiger partial charge on any atom is 0.229 e. The van der Waals surface area contributed by atoms with Crippen molar-refractivity contribution in [2.75, 3.05) is 12.4 Å². The molecule has 0 aliphatic heterocycles. The van der Waals surface area contributed by atoms with E-state index < -0.39 is 11.7 Å². The summed E-state index contributed by atoms with van der Waals surface area (Å²) in [5.41, 5.74) is 1.42. The molecule has 0 bridgehead atoms. The summed E-state index contributed by atoms with van der Waals surface area (Å²) < 4.78 is 18.8. The number of rotatable bonds is 4. The van der Waals surface area contributed by atoms with E-state index in [2.05, 4.69) is 10.3 Å². The number of carbonyl (C=O) groups is 1. The first-order valence-electron chi connectivity index (χ1n) is 7.00. The number of methoxy groups -OCH3 is 1. The number of aromatic nitrogens is 1. The molecule has 5 nitrogen and oxygen atoms in total. The fraction of sp³-hybridized carbons (Fsp3) is 0.118. The van der Waals surface area contributed by atoms with Gasteiger partial charge in [-0.15, -0.1) is 0 Å². The van der Waals surface area contributed by atoms with E-state index in [1.54, 1.807) is 13.3 Å². The topological polar surface area (TPSA) is 74.4 Å². The lowest BCUT2D eigenvalue weighted by molar-refractivity contribution is -0.115. The number of anilines is 1. The second-order valence-electron chi connectivity index (χ2n) is 5.08. The zero-order valence-electron chi connectivity index (χ0n) is 12.4. The lowest BCUT2D eigenvalue weighted by Gasteiger charge is -2.08. The molecule has 0 saturated carbocycles. The largest absolute Gasteiger partial charge is 0.506 e. The Morgan fingerprint density at radius 2 is 2.17 bits per heavy atom. The minimum atomic E-state index is -0.682. The number of phenolic OH excluding ortho intramolecular Hbond substituents is 1. The molecule has 6 heteroatoms. The van der Waals surface area contributed by atoms with Gasteiger partial charge in [0.25, 0.3) is 0 Å². The van der Waals surface area contributed by atoms with E-state index in [1.807, 2.05) is 18.2 Å². The summed E-state index contributed by atoms with van der Waals surface area (Å²) in [6.07, 6.45) is 1.77. The van der Waals surface area contributed by atoms with Gasteiger partial charge in [0.2, 0.25) is 5.91 Å². The summed E-state index contributed by atoms with van der Waals surface area (Å²) in [6, 6.07) is 9.36. The zero-order valence-corrected chi connectivity index (χ0v) is 12.4. The number of carbonyl (C=O) groups excluding carboxylic acids is 1. The second kappa shape index (κ2) is 6.00. The summed E-state index contributed by atoms with van der Waals surface area (Å²) in [5, 5.41) is 12.9. The van der Waals surface area contributed by atoms with Crippen LogP contribution in [-0.4, -0.2) is 23.1 Å². The number of aromatic amines is 1. The lowest BCUT2D eigenvalue weighted by atomic mass is 10.1. The monoisotopic (exact) mass is 314 g/mol. The molecule has 3 aromatic rings. The molecule has 1 heterocycles. The highest BCUT2D eigenvalue weighted by Gasteiger charge is 2.14. The van der Waals surface area contributed by atoms with Crippen molar-refractivity contribution < 1.29 is 19.0 Å². The Kier molecular flexibility index (Phi) is 3.89. The van der Waals surface area contributed by atoms with E-state index >= 15 is 0 Å². The molecule has 0 aliphatic rings. The Labute approximate surface area is 131 Å². The summed E-state index contributed by atoms with van der Waals surface area (Å²) in [5.74, 6) is -0.725. The number of fused-ring (bicyclic) bond motifs is 1. The number of phenols is 1. The number of aromatic hydroxyl groups is 1. The number of para-hydroxylation sites is 1. The van der Waals surface area contributed by atoms with E-state index in [0.29, 0.717) is 5.75 Å². The standard InChI is InChI=1S/C17H15FN2O3/c1-23-11-5-6-14-12(8-11)10(9-19-14)7-16(22)20-17-13(18)3-2-4-15(17)21/h2-6,8-9,19,21H,7H2,1H3,(H,20,22). The van der Waals surface area contributed by atoms with Crippen LogP contribution in [0.4, 0.5) is 10.1 Å². The number of nitrogens with one attached hydrogen (secondary N) is 2. The van der Waals surface area contributed by atoms with Crippen LogP contribution in [0.3, 0.4) is 0 Å². The Bertz CT molecular complexity index is 853. The maximum atomic E-state index is 13.6. The van der Waals surface area contributed by atoms with Gasteiger partial charge in [0, 0.05) is 17.1 Å². The first kappa shape index (κ1) is 14.9. The Morgan fingerprint density at radius 3 is 2.91 bits per heavy atom. The van der Waals surface area contributed by atoms with Crippen LogP contribution in [0.5, 0.6) is 11.5 Å². The van der Waals surface area contributed by atoms with Crippen molar-refractivity contribution in [3.8, 4) is 11.5 Å². The third kappa shape index (κ3) is 2.96. The Hall–Kier alpha value is -3.02. The fourth-order valence-electron chi connectivity index (χ4n) is 2.42. The van der Waals surface area contributed by atoms with Gasteiger partial charge in [0.1, 0.15) is 17.2 Å². The maximum absolute atomic E-state index is 13.6. The highest BCUT2D eigenvalue weighted by atomic mass is 19.1. The summed E-state index contributed by atoms with van der Waals surface area (Å²) >= 11 is 0. The van der Waals surface area contributed by atoms with Crippen LogP contribution < -0.4 is 10.1 Å². The van der Waals surface area contributed by atoms with Crippen LogP contribution in [0.15, 0.2) is 42.6 Å². The number of H-pyrrole nitrogens is 1. The van der Waals surface area contributed by atoms with Crippen molar-refractivity contribution in [3.63, 3.8) is 0 Å². The molecular formula is C17H15FN2O3. The van der Waals surface area contributed by atoms with Gasteiger partial charge in [-0.2, -0.15) is 0 Å². The molecule has 0 atom stereocenters. The van der Waals surface area contributed by atoms with E-state index in [9.17, 15) is 14.3 Å². The van der Waals surface area contributed by atoms with Gasteiger partial charge in [-0.3, -0.25) is 4.79 Å². The first-order chi connectivity index (χ1) is 11.1. The van der Waals surface area contributed by atoms with Crippen LogP contribution in [0.1, 0.15) is 5.56 Å². The van der Waals surface area contributed by atoms with E-state index in [4.69, 9.17) is 4.74 Å². The van der Waals surface area contributed by atoms with Crippen LogP contribution in [0, 0.1) is 5.82 Å². The van der Waals surface area contributed by atoms with Gasteiger partial charge in [-0.25, -0.2) is 4.39 Å². The van der Waals surface area contributed by atoms with Crippen molar-refractivity contribution in [3.05, 3.63) is 54.0 Å². The van der Waals surface area contributed by atoms with Crippen molar-refractivity contribution in [2.24, 2.45) is 0 Å². The molecule has 1 amide bonds. The molecule has 0 fully saturated rings. The highest BCUT2D eigenvalue weighted by Crippen LogP contribution is 2.27. The predicted molar refractivity (Wildman–Crippen MR) is 85.2 cm³/mol. The molecule has 0 spiro atoms. The lowest BCUT2D eigenvalue weighted by Crippen LogP contribution is -2.15. The van der Waals surface area contributed by atoms with Crippen LogP contribution in [-0.2, 0) is 11.2 Å². The van der Waals surface area contributed by atoms with Gasteiger partial charge in [0.05, 0.1) is 13.5 Å². The molecule has 3 rings (SSSR count). The van der Waals surface area contributed by atoms with Crippen molar-refractivity contribution >= 4 is 22.5 Å². The normalized spacial score (nSPS) is 10.7. The van der Waals surface area contributed by atoms with Gasteiger partial charge in [0.15, 0.2) is 5.82 Å². The zero-order chi connectivity index (χ0) is 16.4. The Morgan fingerprint density at radius 1 is 1.35 bits per heavy atom. The fourth-order valence-corrected chi connectivity index (χ4v) is 2.42. The molecule has 0 unspecified atom stereocenters. The molecule has 3 N–H and O–H groups in total. The second-order valence-corrected chi connectivity index (χ2v) is 5.08. The van der Waals surface area contributed by atoms with Crippen LogP contribution in [0.2, 0.25) is 0 Å². The van der Waals surface area contributed by atoms with Crippen LogP contribution in [0.25, 0.3) is 10.9 Å². The van der Waals surface area contributed by atoms with Gasteiger partial charge in [-0.05, 0) is 35.9 Å². The number of hydrogen-bond acceptors (Lipinski definition) is 3. The smallest absolute Gasteiger partial charge is 0.229 e. The minimum Gasteiger partial charge on any atom is -0.506 e. The first-order valence-corrected chi connectivity index (χ1v) is 7.00. The summed E-state index contributed by atoms with van der Waals surface area (Å²) in [4.78, 5) is 15.2. The number of hydrogen-bond donors (Lipinski definition) is 3. The predicted octanol–water partition coefficient (Wildman–Crippen LogP) is 3.20. The number of ether oxygens (including phenoxy) is 1. The third-order valence-electron chi connectivity index (χ3n) is 3.58. The molecule has 1 aromatic heterocycles. The molecular weight excluding hydrogens is 299 g/mol. The van der Waals surface area contributed by atoms with Crippen molar-refractivity contribution in [1.82, 2.24) is 4.98 Å². The number of halogens is 1. The molecule has 2 aromatic carbocycles. The Balaban J connectivity index is 1.83. The van der Waals surface area contributed by atoms with Gasteiger partial charge >= 0.3 is 0 Å². The van der Waals surface area contributed by atoms with E-state index in [0.717, 1.165) is 16.5 Å². The molecule has 23 heavy (non-hydrogen) atoms. The van der Waals surface area contributed by atoms with Crippen LogP contribution >= 0.6 is 0 Å². The minimum absolute atomic E-state index is 0.0426. The van der Waals surface area contributed by atoms with E-state index in [1.165, 1.54) is 18.2 Å². The van der Waals surface area contributed by atoms with Gasteiger partial charge in [-0.1, -0.05) is 6.07 Å².